The second-order valence-electron chi connectivity index (χ2n) is 4.06. The zero-order valence-electron chi connectivity index (χ0n) is 11.1. The van der Waals surface area contributed by atoms with E-state index in [0.29, 0.717) is 0 Å². The summed E-state index contributed by atoms with van der Waals surface area (Å²) in [5.41, 5.74) is 0. The van der Waals surface area contributed by atoms with Gasteiger partial charge in [0, 0.05) is 38.5 Å². The number of carbonyl (C=O) groups excluding carboxylic acids is 5. The third-order valence-corrected chi connectivity index (χ3v) is 2.50. The summed E-state index contributed by atoms with van der Waals surface area (Å²) >= 11 is 0. The highest BCUT2D eigenvalue weighted by atomic mass is 16.1. The number of hydrogen-bond donors (Lipinski definition) is 0. The third-order valence-electron chi connectivity index (χ3n) is 2.50. The minimum atomic E-state index is -0.163. The molecule has 0 bridgehead atoms. The van der Waals surface area contributed by atoms with Gasteiger partial charge in [0.1, 0.15) is 17.3 Å². The molecule has 0 aromatic rings. The maximum Gasteiger partial charge on any atom is 0.234 e. The van der Waals surface area contributed by atoms with E-state index >= 15 is 0 Å². The van der Waals surface area contributed by atoms with E-state index in [1.165, 1.54) is 12.2 Å². The predicted octanol–water partition coefficient (Wildman–Crippen LogP) is 0.706. The zero-order valence-corrected chi connectivity index (χ0v) is 11.1. The number of aliphatic imine (C=N–C) groups is 2. The first-order valence-electron chi connectivity index (χ1n) is 6.22. The number of nitrogens with zero attached hydrogens (tertiary/aromatic N) is 2. The maximum absolute atomic E-state index is 11.4. The topological polar surface area (TPSA) is 110 Å². The molecule has 0 aliphatic heterocycles. The van der Waals surface area contributed by atoms with Crippen molar-refractivity contribution >= 4 is 29.5 Å². The van der Waals surface area contributed by atoms with Crippen LogP contribution in [0.25, 0.3) is 0 Å². The van der Waals surface area contributed by atoms with E-state index in [1.54, 1.807) is 0 Å². The van der Waals surface area contributed by atoms with Crippen LogP contribution >= 0.6 is 0 Å². The number of isocyanates is 2. The summed E-state index contributed by atoms with van der Waals surface area (Å²) in [4.78, 5) is 60.0. The second kappa shape index (κ2) is 11.8. The van der Waals surface area contributed by atoms with Gasteiger partial charge in [-0.05, 0) is 0 Å². The quantitative estimate of drug-likeness (QED) is 0.386. The van der Waals surface area contributed by atoms with Crippen molar-refractivity contribution in [1.29, 1.82) is 0 Å². The van der Waals surface area contributed by atoms with E-state index in [4.69, 9.17) is 0 Å². The minimum absolute atomic E-state index is 0.0867. The summed E-state index contributed by atoms with van der Waals surface area (Å²) in [5.74, 6) is -0.461. The van der Waals surface area contributed by atoms with Crippen LogP contribution in [0, 0.1) is 0 Å². The van der Waals surface area contributed by atoms with Gasteiger partial charge < -0.3 is 0 Å². The van der Waals surface area contributed by atoms with Crippen LogP contribution in [0.5, 0.6) is 0 Å². The van der Waals surface area contributed by atoms with E-state index < -0.39 is 0 Å². The zero-order chi connectivity index (χ0) is 15.2. The van der Waals surface area contributed by atoms with Gasteiger partial charge in [-0.3, -0.25) is 14.4 Å². The Hall–Kier alpha value is -2.23. The number of hydrogen-bond acceptors (Lipinski definition) is 7. The summed E-state index contributed by atoms with van der Waals surface area (Å²) in [7, 11) is 0. The SMILES string of the molecule is O=C=NCCC(=O)CCC(=O)CCC(=O)CCN=C=O. The summed E-state index contributed by atoms with van der Waals surface area (Å²) in [5, 5.41) is 0. The van der Waals surface area contributed by atoms with E-state index in [-0.39, 0.29) is 69.0 Å². The highest BCUT2D eigenvalue weighted by Gasteiger charge is 2.09. The second-order valence-corrected chi connectivity index (χ2v) is 4.06. The van der Waals surface area contributed by atoms with Gasteiger partial charge in [0.2, 0.25) is 12.2 Å². The van der Waals surface area contributed by atoms with Crippen molar-refractivity contribution in [1.82, 2.24) is 0 Å². The van der Waals surface area contributed by atoms with Crippen LogP contribution in [-0.2, 0) is 24.0 Å². The molecule has 0 amide bonds. The Morgan fingerprint density at radius 3 is 1.20 bits per heavy atom. The standard InChI is InChI=1S/C13H16N2O5/c16-9-14-7-5-12(19)3-1-11(18)2-4-13(20)6-8-15-10-17/h1-8H2. The van der Waals surface area contributed by atoms with Crippen LogP contribution in [-0.4, -0.2) is 42.6 Å². The number of Topliss-reactive ketones (excluding diaryl/α,β-unsaturated/α-hetero) is 3. The van der Waals surface area contributed by atoms with Gasteiger partial charge in [0.25, 0.3) is 0 Å². The highest BCUT2D eigenvalue weighted by molar-refractivity contribution is 5.89. The maximum atomic E-state index is 11.4. The van der Waals surface area contributed by atoms with Crippen molar-refractivity contribution in [3.05, 3.63) is 0 Å². The Labute approximate surface area is 116 Å². The van der Waals surface area contributed by atoms with E-state index in [9.17, 15) is 24.0 Å². The lowest BCUT2D eigenvalue weighted by Crippen LogP contribution is -2.08. The first kappa shape index (κ1) is 17.8. The van der Waals surface area contributed by atoms with Crippen LogP contribution in [0.15, 0.2) is 9.98 Å². The molecular weight excluding hydrogens is 264 g/mol. The molecule has 0 radical (unpaired) electrons. The molecule has 0 unspecified atom stereocenters. The molecule has 0 atom stereocenters. The molecule has 20 heavy (non-hydrogen) atoms. The van der Waals surface area contributed by atoms with Gasteiger partial charge in [-0.1, -0.05) is 0 Å². The monoisotopic (exact) mass is 280 g/mol. The van der Waals surface area contributed by atoms with Crippen LogP contribution in [0.2, 0.25) is 0 Å². The van der Waals surface area contributed by atoms with Crippen molar-refractivity contribution in [2.75, 3.05) is 13.1 Å². The first-order valence-corrected chi connectivity index (χ1v) is 6.22. The molecule has 0 aliphatic carbocycles. The van der Waals surface area contributed by atoms with Crippen molar-refractivity contribution in [3.8, 4) is 0 Å². The molecule has 0 aromatic heterocycles. The van der Waals surface area contributed by atoms with Crippen LogP contribution in [0.1, 0.15) is 38.5 Å². The largest absolute Gasteiger partial charge is 0.300 e. The van der Waals surface area contributed by atoms with Gasteiger partial charge in [-0.2, -0.15) is 0 Å². The summed E-state index contributed by atoms with van der Waals surface area (Å²) in [6, 6.07) is 0. The molecule has 0 saturated heterocycles. The van der Waals surface area contributed by atoms with Gasteiger partial charge in [0.05, 0.1) is 13.1 Å². The fourth-order valence-electron chi connectivity index (χ4n) is 1.39. The predicted molar refractivity (Wildman–Crippen MR) is 68.7 cm³/mol. The molecular formula is C13H16N2O5. The fourth-order valence-corrected chi connectivity index (χ4v) is 1.39. The lowest BCUT2D eigenvalue weighted by molar-refractivity contribution is -0.126. The Morgan fingerprint density at radius 2 is 0.900 bits per heavy atom. The molecule has 0 N–H and O–H groups in total. The highest BCUT2D eigenvalue weighted by Crippen LogP contribution is 2.03. The van der Waals surface area contributed by atoms with Crippen molar-refractivity contribution in [3.63, 3.8) is 0 Å². The first-order chi connectivity index (χ1) is 9.60. The van der Waals surface area contributed by atoms with E-state index in [1.807, 2.05) is 0 Å². The molecule has 0 saturated carbocycles. The molecule has 0 aliphatic rings. The Bertz CT molecular complexity index is 406. The third kappa shape index (κ3) is 10.9. The molecule has 0 fully saturated rings. The Morgan fingerprint density at radius 1 is 0.600 bits per heavy atom. The molecule has 0 rings (SSSR count). The summed E-state index contributed by atoms with van der Waals surface area (Å²) < 4.78 is 0. The summed E-state index contributed by atoms with van der Waals surface area (Å²) in [6.45, 7) is 0.179. The van der Waals surface area contributed by atoms with Crippen LogP contribution < -0.4 is 0 Å². The lowest BCUT2D eigenvalue weighted by Gasteiger charge is -2.00. The van der Waals surface area contributed by atoms with Crippen molar-refractivity contribution < 1.29 is 24.0 Å². The normalized spacial score (nSPS) is 9.20. The average molecular weight is 280 g/mol. The van der Waals surface area contributed by atoms with Gasteiger partial charge in [-0.15, -0.1) is 0 Å². The fraction of sp³-hybridized carbons (Fsp3) is 0.615. The molecule has 0 heterocycles. The lowest BCUT2D eigenvalue weighted by atomic mass is 10.0. The number of carbonyl (C=O) groups is 3. The molecule has 7 heteroatoms. The minimum Gasteiger partial charge on any atom is -0.300 e. The molecule has 0 spiro atoms. The molecule has 0 aromatic carbocycles. The number of ketones is 3. The smallest absolute Gasteiger partial charge is 0.234 e. The Balaban J connectivity index is 3.72. The Kier molecular flexibility index (Phi) is 10.5. The van der Waals surface area contributed by atoms with Crippen molar-refractivity contribution in [2.24, 2.45) is 9.98 Å². The van der Waals surface area contributed by atoms with E-state index in [2.05, 4.69) is 9.98 Å². The van der Waals surface area contributed by atoms with Crippen LogP contribution in [0.4, 0.5) is 0 Å². The van der Waals surface area contributed by atoms with Crippen LogP contribution in [0.3, 0.4) is 0 Å². The average Bonchev–Trinajstić information content (AvgIpc) is 2.43. The van der Waals surface area contributed by atoms with E-state index in [0.717, 1.165) is 0 Å². The van der Waals surface area contributed by atoms with Crippen molar-refractivity contribution in [2.45, 2.75) is 38.5 Å². The molecule has 108 valence electrons. The number of rotatable bonds is 12. The summed E-state index contributed by atoms with van der Waals surface area (Å²) in [6.07, 6.45) is 3.25. The molecule has 7 nitrogen and oxygen atoms in total. The van der Waals surface area contributed by atoms with Gasteiger partial charge >= 0.3 is 0 Å². The van der Waals surface area contributed by atoms with Gasteiger partial charge in [-0.25, -0.2) is 19.6 Å². The van der Waals surface area contributed by atoms with Gasteiger partial charge in [0.15, 0.2) is 0 Å².